The molecule has 4 heteroatoms. The van der Waals surface area contributed by atoms with Gasteiger partial charge in [0.05, 0.1) is 13.2 Å². The summed E-state index contributed by atoms with van der Waals surface area (Å²) in [7, 11) is 0. The van der Waals surface area contributed by atoms with Crippen LogP contribution in [0, 0.1) is 35.5 Å². The summed E-state index contributed by atoms with van der Waals surface area (Å²) in [5.74, 6) is 4.09. The van der Waals surface area contributed by atoms with Crippen LogP contribution in [0.3, 0.4) is 0 Å². The van der Waals surface area contributed by atoms with Gasteiger partial charge in [-0.15, -0.1) is 0 Å². The number of hydrogen-bond donors (Lipinski definition) is 0. The Morgan fingerprint density at radius 1 is 0.724 bits per heavy atom. The number of unbranched alkanes of at least 4 members (excludes halogenated alkanes) is 1. The number of allylic oxidation sites excluding steroid dienone is 4. The molecule has 4 nitrogen and oxygen atoms in total. The van der Waals surface area contributed by atoms with Gasteiger partial charge in [-0.3, -0.25) is 9.59 Å². The topological polar surface area (TPSA) is 52.6 Å². The molecule has 4 aliphatic rings. The smallest absolute Gasteiger partial charge is 0.305 e. The maximum atomic E-state index is 11.3. The molecule has 0 aromatic heterocycles. The van der Waals surface area contributed by atoms with E-state index in [1.54, 1.807) is 0 Å². The van der Waals surface area contributed by atoms with Crippen molar-refractivity contribution in [2.75, 3.05) is 13.2 Å². The standard InChI is InChI=1S/C13H20O2.C12H18O2/c1-2-3-4-13(14)15-9-12-8-10-5-6-11(12)7-10;1-2-3-12(13)14-8-11-7-9-4-5-10(11)6-9/h5-6,10-12H,2-4,7-9H2,1H3;4-5,9-11H,2-3,6-8H2,1H3. The van der Waals surface area contributed by atoms with Crippen LogP contribution in [0.5, 0.6) is 0 Å². The maximum absolute atomic E-state index is 11.3. The molecule has 0 aromatic rings. The Morgan fingerprint density at radius 2 is 1.24 bits per heavy atom. The predicted molar refractivity (Wildman–Crippen MR) is 114 cm³/mol. The highest BCUT2D eigenvalue weighted by Crippen LogP contribution is 2.44. The molecule has 4 rings (SSSR count). The number of fused-ring (bicyclic) bond motifs is 4. The van der Waals surface area contributed by atoms with Crippen LogP contribution in [0.4, 0.5) is 0 Å². The monoisotopic (exact) mass is 402 g/mol. The lowest BCUT2D eigenvalue weighted by atomic mass is 9.95. The summed E-state index contributed by atoms with van der Waals surface area (Å²) < 4.78 is 10.6. The van der Waals surface area contributed by atoms with E-state index in [4.69, 9.17) is 9.47 Å². The van der Waals surface area contributed by atoms with E-state index in [-0.39, 0.29) is 11.9 Å². The molecule has 0 radical (unpaired) electrons. The second kappa shape index (κ2) is 11.0. The number of hydrogen-bond acceptors (Lipinski definition) is 4. The van der Waals surface area contributed by atoms with Gasteiger partial charge in [-0.2, -0.15) is 0 Å². The van der Waals surface area contributed by atoms with E-state index >= 15 is 0 Å². The van der Waals surface area contributed by atoms with Gasteiger partial charge in [0.2, 0.25) is 0 Å². The normalized spacial score (nSPS) is 32.9. The van der Waals surface area contributed by atoms with E-state index in [0.29, 0.717) is 49.7 Å². The molecule has 0 saturated heterocycles. The second-order valence-electron chi connectivity index (χ2n) is 9.30. The van der Waals surface area contributed by atoms with Crippen LogP contribution < -0.4 is 0 Å². The fourth-order valence-electron chi connectivity index (χ4n) is 5.24. The third-order valence-corrected chi connectivity index (χ3v) is 6.94. The van der Waals surface area contributed by atoms with Gasteiger partial charge in [0.25, 0.3) is 0 Å². The summed E-state index contributed by atoms with van der Waals surface area (Å²) >= 11 is 0. The highest BCUT2D eigenvalue weighted by Gasteiger charge is 2.36. The Labute approximate surface area is 176 Å². The van der Waals surface area contributed by atoms with Gasteiger partial charge in [-0.05, 0) is 74.0 Å². The average molecular weight is 403 g/mol. The lowest BCUT2D eigenvalue weighted by Gasteiger charge is -2.17. The first-order valence-corrected chi connectivity index (χ1v) is 11.8. The van der Waals surface area contributed by atoms with Gasteiger partial charge >= 0.3 is 11.9 Å². The molecule has 0 aromatic carbocycles. The number of ether oxygens (including phenoxy) is 2. The van der Waals surface area contributed by atoms with E-state index < -0.39 is 0 Å². The first-order valence-electron chi connectivity index (χ1n) is 11.8. The van der Waals surface area contributed by atoms with Crippen molar-refractivity contribution < 1.29 is 19.1 Å². The summed E-state index contributed by atoms with van der Waals surface area (Å²) in [5.41, 5.74) is 0. The molecule has 162 valence electrons. The van der Waals surface area contributed by atoms with E-state index in [2.05, 4.69) is 31.2 Å². The Hall–Kier alpha value is -1.58. The van der Waals surface area contributed by atoms with Crippen LogP contribution in [0.1, 0.15) is 71.6 Å². The zero-order valence-corrected chi connectivity index (χ0v) is 18.2. The van der Waals surface area contributed by atoms with Crippen LogP contribution in [0.2, 0.25) is 0 Å². The molecule has 0 heterocycles. The molecular formula is C25H38O4. The minimum atomic E-state index is -0.0285. The summed E-state index contributed by atoms with van der Waals surface area (Å²) in [6.07, 6.45) is 18.3. The zero-order chi connectivity index (χ0) is 20.6. The molecule has 0 amide bonds. The number of carbonyl (C=O) groups excluding carboxylic acids is 2. The van der Waals surface area contributed by atoms with Crippen LogP contribution in [0.15, 0.2) is 24.3 Å². The van der Waals surface area contributed by atoms with Crippen LogP contribution >= 0.6 is 0 Å². The minimum absolute atomic E-state index is 0.0106. The Kier molecular flexibility index (Phi) is 8.38. The summed E-state index contributed by atoms with van der Waals surface area (Å²) in [6, 6.07) is 0. The summed E-state index contributed by atoms with van der Waals surface area (Å²) in [6.45, 7) is 5.38. The van der Waals surface area contributed by atoms with E-state index in [9.17, 15) is 9.59 Å². The molecule has 2 fully saturated rings. The number of rotatable bonds is 9. The van der Waals surface area contributed by atoms with Crippen LogP contribution in [0.25, 0.3) is 0 Å². The number of carbonyl (C=O) groups is 2. The molecule has 4 bridgehead atoms. The predicted octanol–water partition coefficient (Wildman–Crippen LogP) is 5.47. The maximum Gasteiger partial charge on any atom is 0.305 e. The molecule has 2 saturated carbocycles. The SMILES string of the molecule is CCCC(=O)OCC1CC2C=CC1C2.CCCCC(=O)OCC1CC2C=CC1C2. The van der Waals surface area contributed by atoms with E-state index in [1.165, 1.54) is 25.7 Å². The van der Waals surface area contributed by atoms with Crippen molar-refractivity contribution >= 4 is 11.9 Å². The highest BCUT2D eigenvalue weighted by molar-refractivity contribution is 5.69. The molecular weight excluding hydrogens is 364 g/mol. The third kappa shape index (κ3) is 6.45. The third-order valence-electron chi connectivity index (χ3n) is 6.94. The van der Waals surface area contributed by atoms with Gasteiger partial charge in [-0.25, -0.2) is 0 Å². The van der Waals surface area contributed by atoms with Gasteiger partial charge < -0.3 is 9.47 Å². The van der Waals surface area contributed by atoms with Crippen molar-refractivity contribution in [3.63, 3.8) is 0 Å². The van der Waals surface area contributed by atoms with Crippen molar-refractivity contribution in [2.24, 2.45) is 35.5 Å². The Morgan fingerprint density at radius 3 is 1.62 bits per heavy atom. The fraction of sp³-hybridized carbons (Fsp3) is 0.760. The van der Waals surface area contributed by atoms with Crippen LogP contribution in [-0.2, 0) is 19.1 Å². The Bertz CT molecular complexity index is 608. The minimum Gasteiger partial charge on any atom is -0.465 e. The van der Waals surface area contributed by atoms with Gasteiger partial charge in [0, 0.05) is 12.8 Å². The van der Waals surface area contributed by atoms with E-state index in [0.717, 1.165) is 31.1 Å². The highest BCUT2D eigenvalue weighted by atomic mass is 16.5. The van der Waals surface area contributed by atoms with Gasteiger partial charge in [0.1, 0.15) is 0 Å². The largest absolute Gasteiger partial charge is 0.465 e. The molecule has 0 aliphatic heterocycles. The lowest BCUT2D eigenvalue weighted by Crippen LogP contribution is -2.17. The lowest BCUT2D eigenvalue weighted by molar-refractivity contribution is -0.146. The van der Waals surface area contributed by atoms with Crippen molar-refractivity contribution in [3.8, 4) is 0 Å². The summed E-state index contributed by atoms with van der Waals surface area (Å²) in [5, 5.41) is 0. The zero-order valence-electron chi connectivity index (χ0n) is 18.2. The van der Waals surface area contributed by atoms with Crippen molar-refractivity contribution in [1.29, 1.82) is 0 Å². The quantitative estimate of drug-likeness (QED) is 0.379. The van der Waals surface area contributed by atoms with Gasteiger partial charge in [-0.1, -0.05) is 44.6 Å². The number of esters is 2. The van der Waals surface area contributed by atoms with Crippen molar-refractivity contribution in [2.45, 2.75) is 71.6 Å². The molecule has 4 aliphatic carbocycles. The molecule has 0 spiro atoms. The fourth-order valence-corrected chi connectivity index (χ4v) is 5.24. The molecule has 0 N–H and O–H groups in total. The first kappa shape index (κ1) is 22.1. The van der Waals surface area contributed by atoms with Gasteiger partial charge in [0.15, 0.2) is 0 Å². The molecule has 6 unspecified atom stereocenters. The average Bonchev–Trinajstić information content (AvgIpc) is 3.51. The van der Waals surface area contributed by atoms with Crippen molar-refractivity contribution in [1.82, 2.24) is 0 Å². The summed E-state index contributed by atoms with van der Waals surface area (Å²) in [4.78, 5) is 22.5. The second-order valence-corrected chi connectivity index (χ2v) is 9.30. The molecule has 6 atom stereocenters. The van der Waals surface area contributed by atoms with Crippen molar-refractivity contribution in [3.05, 3.63) is 24.3 Å². The Balaban J connectivity index is 0.000000166. The molecule has 29 heavy (non-hydrogen) atoms. The first-order chi connectivity index (χ1) is 14.1. The van der Waals surface area contributed by atoms with Crippen LogP contribution in [-0.4, -0.2) is 25.2 Å². The van der Waals surface area contributed by atoms with E-state index in [1.807, 2.05) is 6.92 Å².